The minimum atomic E-state index is 0.540. The van der Waals surface area contributed by atoms with Crippen molar-refractivity contribution in [1.82, 2.24) is 15.0 Å². The van der Waals surface area contributed by atoms with Crippen molar-refractivity contribution >= 4 is 23.0 Å². The van der Waals surface area contributed by atoms with Gasteiger partial charge < -0.3 is 10.2 Å². The third-order valence-corrected chi connectivity index (χ3v) is 5.96. The van der Waals surface area contributed by atoms with Crippen LogP contribution >= 0.6 is 0 Å². The fourth-order valence-electron chi connectivity index (χ4n) is 4.08. The number of aromatic nitrogens is 3. The normalized spacial score (nSPS) is 12.2. The molecule has 0 bridgehead atoms. The zero-order chi connectivity index (χ0) is 25.7. The van der Waals surface area contributed by atoms with Crippen molar-refractivity contribution in [2.75, 3.05) is 10.2 Å². The first-order valence-electron chi connectivity index (χ1n) is 13.1. The van der Waals surface area contributed by atoms with Gasteiger partial charge in [-0.1, -0.05) is 81.7 Å². The van der Waals surface area contributed by atoms with Crippen LogP contribution in [-0.2, 0) is 0 Å². The Morgan fingerprint density at radius 1 is 0.784 bits per heavy atom. The Labute approximate surface area is 220 Å². The number of pyridine rings is 1. The van der Waals surface area contributed by atoms with Crippen molar-refractivity contribution < 1.29 is 0 Å². The Balaban J connectivity index is 0.000000586. The molecule has 1 aliphatic carbocycles. The smallest absolute Gasteiger partial charge is 0.227 e. The highest BCUT2D eigenvalue weighted by atomic mass is 15.2. The van der Waals surface area contributed by atoms with Crippen molar-refractivity contribution in [3.05, 3.63) is 115 Å². The topological polar surface area (TPSA) is 53.9 Å². The number of unbranched alkanes of at least 4 members (excludes halogenated alkanes) is 2. The van der Waals surface area contributed by atoms with Crippen LogP contribution in [0.3, 0.4) is 0 Å². The quantitative estimate of drug-likeness (QED) is 0.268. The second-order valence-electron chi connectivity index (χ2n) is 8.79. The van der Waals surface area contributed by atoms with Gasteiger partial charge in [0.2, 0.25) is 5.95 Å². The highest BCUT2D eigenvalue weighted by molar-refractivity contribution is 5.82. The molecule has 4 aromatic rings. The lowest BCUT2D eigenvalue weighted by Crippen LogP contribution is -2.17. The van der Waals surface area contributed by atoms with E-state index in [1.807, 2.05) is 36.4 Å². The summed E-state index contributed by atoms with van der Waals surface area (Å²) in [5.41, 5.74) is 5.96. The molecule has 188 valence electrons. The van der Waals surface area contributed by atoms with Crippen LogP contribution in [0.1, 0.15) is 46.0 Å². The highest BCUT2D eigenvalue weighted by Crippen LogP contribution is 2.37. The first-order valence-corrected chi connectivity index (χ1v) is 13.1. The van der Waals surface area contributed by atoms with E-state index < -0.39 is 0 Å². The van der Waals surface area contributed by atoms with Gasteiger partial charge in [-0.2, -0.15) is 0 Å². The second-order valence-corrected chi connectivity index (χ2v) is 8.79. The molecule has 37 heavy (non-hydrogen) atoms. The van der Waals surface area contributed by atoms with E-state index >= 15 is 0 Å². The molecule has 0 amide bonds. The zero-order valence-electron chi connectivity index (χ0n) is 21.7. The van der Waals surface area contributed by atoms with E-state index in [9.17, 15) is 0 Å². The largest absolute Gasteiger partial charge is 0.322 e. The zero-order valence-corrected chi connectivity index (χ0v) is 21.7. The fraction of sp³-hybridized carbons (Fsp3) is 0.219. The Kier molecular flexibility index (Phi) is 9.59. The van der Waals surface area contributed by atoms with Gasteiger partial charge >= 0.3 is 0 Å². The van der Waals surface area contributed by atoms with Gasteiger partial charge in [-0.15, -0.1) is 0 Å². The number of hydrogen-bond acceptors (Lipinski definition) is 5. The molecule has 0 saturated carbocycles. The molecule has 5 nitrogen and oxygen atoms in total. The van der Waals surface area contributed by atoms with Crippen LogP contribution in [0.2, 0.25) is 0 Å². The minimum Gasteiger partial charge on any atom is -0.322 e. The van der Waals surface area contributed by atoms with Crippen LogP contribution in [0.5, 0.6) is 0 Å². The third kappa shape index (κ3) is 7.14. The van der Waals surface area contributed by atoms with Crippen molar-refractivity contribution in [2.24, 2.45) is 0 Å². The molecular weight excluding hydrogens is 454 g/mol. The fourth-order valence-corrected chi connectivity index (χ4v) is 4.08. The molecule has 2 aromatic heterocycles. The average molecular weight is 490 g/mol. The Morgan fingerprint density at radius 2 is 1.51 bits per heavy atom. The molecule has 0 aliphatic heterocycles. The first kappa shape index (κ1) is 25.8. The van der Waals surface area contributed by atoms with Gasteiger partial charge in [-0.3, -0.25) is 4.98 Å². The molecule has 0 radical (unpaired) electrons. The van der Waals surface area contributed by atoms with Crippen molar-refractivity contribution in [3.63, 3.8) is 0 Å². The number of rotatable bonds is 8. The van der Waals surface area contributed by atoms with Crippen molar-refractivity contribution in [2.45, 2.75) is 46.0 Å². The van der Waals surface area contributed by atoms with Crippen LogP contribution in [-0.4, -0.2) is 15.0 Å². The van der Waals surface area contributed by atoms with Crippen LogP contribution < -0.4 is 10.2 Å². The number of nitrogens with zero attached hydrogens (tertiary/aromatic N) is 4. The van der Waals surface area contributed by atoms with E-state index in [-0.39, 0.29) is 0 Å². The summed E-state index contributed by atoms with van der Waals surface area (Å²) in [7, 11) is 0. The summed E-state index contributed by atoms with van der Waals surface area (Å²) >= 11 is 0. The van der Waals surface area contributed by atoms with Gasteiger partial charge in [0.25, 0.3) is 0 Å². The molecular formula is C32H35N5. The van der Waals surface area contributed by atoms with Crippen LogP contribution in [0, 0.1) is 0 Å². The highest BCUT2D eigenvalue weighted by Gasteiger charge is 2.17. The first-order chi connectivity index (χ1) is 18.3. The van der Waals surface area contributed by atoms with E-state index in [2.05, 4.69) is 93.6 Å². The maximum atomic E-state index is 4.53. The van der Waals surface area contributed by atoms with Crippen LogP contribution in [0.4, 0.5) is 23.0 Å². The minimum absolute atomic E-state index is 0.540. The Bertz CT molecular complexity index is 1280. The van der Waals surface area contributed by atoms with Crippen molar-refractivity contribution in [3.8, 4) is 11.3 Å². The summed E-state index contributed by atoms with van der Waals surface area (Å²) < 4.78 is 0. The number of hydrogen-bond donors (Lipinski definition) is 1. The summed E-state index contributed by atoms with van der Waals surface area (Å²) in [6.45, 7) is 4.42. The molecule has 5 rings (SSSR count). The predicted molar refractivity (Wildman–Crippen MR) is 155 cm³/mol. The van der Waals surface area contributed by atoms with E-state index in [0.717, 1.165) is 46.9 Å². The van der Waals surface area contributed by atoms with E-state index in [1.54, 1.807) is 18.6 Å². The van der Waals surface area contributed by atoms with Gasteiger partial charge in [-0.05, 0) is 55.3 Å². The number of allylic oxidation sites excluding steroid dienone is 3. The van der Waals surface area contributed by atoms with Gasteiger partial charge in [0.15, 0.2) is 0 Å². The molecule has 2 aromatic carbocycles. The molecule has 0 fully saturated rings. The number of nitrogens with one attached hydrogen (secondary N) is 1. The Morgan fingerprint density at radius 3 is 2.16 bits per heavy atom. The standard InChI is InChI=1S/C27H23N5.C5H12/c1-3-11-22(12-4-1)32(23-13-5-2-6-14-23)26-17-8-7-16-25(26)31-27-29-19-21(20-30-27)24-15-9-10-18-28-24;1-3-5-4-2/h1,3-5,7-20H,2,6H2,(H,29,30,31);3-5H2,1-2H3. The number of anilines is 4. The SMILES string of the molecule is C1=CC(N(c2ccccc2)c2ccccc2Nc2ncc(-c3ccccn3)cn2)=CCC1.CCCCC. The lowest BCUT2D eigenvalue weighted by molar-refractivity contribution is 0.772. The third-order valence-electron chi connectivity index (χ3n) is 5.96. The summed E-state index contributed by atoms with van der Waals surface area (Å²) in [5, 5.41) is 3.40. The average Bonchev–Trinajstić information content (AvgIpc) is 2.97. The van der Waals surface area contributed by atoms with Gasteiger partial charge in [-0.25, -0.2) is 9.97 Å². The summed E-state index contributed by atoms with van der Waals surface area (Å²) in [6.07, 6.45) is 18.2. The number of para-hydroxylation sites is 3. The van der Waals surface area contributed by atoms with E-state index in [0.29, 0.717) is 5.95 Å². The van der Waals surface area contributed by atoms with Crippen LogP contribution in [0.25, 0.3) is 11.3 Å². The lowest BCUT2D eigenvalue weighted by Gasteiger charge is -2.29. The summed E-state index contributed by atoms with van der Waals surface area (Å²) in [4.78, 5) is 15.7. The molecule has 2 heterocycles. The molecule has 5 heteroatoms. The predicted octanol–water partition coefficient (Wildman–Crippen LogP) is 8.85. The lowest BCUT2D eigenvalue weighted by atomic mass is 10.1. The maximum Gasteiger partial charge on any atom is 0.227 e. The van der Waals surface area contributed by atoms with E-state index in [1.165, 1.54) is 19.3 Å². The van der Waals surface area contributed by atoms with Crippen molar-refractivity contribution in [1.29, 1.82) is 0 Å². The van der Waals surface area contributed by atoms with Gasteiger partial charge in [0.1, 0.15) is 0 Å². The number of benzene rings is 2. The van der Waals surface area contributed by atoms with Crippen LogP contribution in [0.15, 0.2) is 115 Å². The van der Waals surface area contributed by atoms with E-state index in [4.69, 9.17) is 0 Å². The Hall–Kier alpha value is -4.25. The molecule has 0 saturated heterocycles. The maximum absolute atomic E-state index is 4.53. The summed E-state index contributed by atoms with van der Waals surface area (Å²) in [6, 6.07) is 24.4. The molecule has 1 aliphatic rings. The van der Waals surface area contributed by atoms with Gasteiger partial charge in [0, 0.05) is 35.5 Å². The molecule has 0 spiro atoms. The summed E-state index contributed by atoms with van der Waals surface area (Å²) in [5.74, 6) is 0.540. The second kappa shape index (κ2) is 13.7. The monoisotopic (exact) mass is 489 g/mol. The molecule has 1 N–H and O–H groups in total. The molecule has 0 atom stereocenters. The molecule has 0 unspecified atom stereocenters. The van der Waals surface area contributed by atoms with Gasteiger partial charge in [0.05, 0.1) is 17.1 Å².